The molecular weight excluding hydrogens is 445 g/mol. The van der Waals surface area contributed by atoms with Crippen molar-refractivity contribution in [3.8, 4) is 11.3 Å². The Morgan fingerprint density at radius 1 is 1.10 bits per heavy atom. The van der Waals surface area contributed by atoms with Gasteiger partial charge in [0.1, 0.15) is 5.82 Å². The lowest BCUT2D eigenvalue weighted by Gasteiger charge is -2.11. The molecule has 31 heavy (non-hydrogen) atoms. The summed E-state index contributed by atoms with van der Waals surface area (Å²) in [5.41, 5.74) is 1.38. The molecule has 3 rings (SSSR count). The predicted octanol–water partition coefficient (Wildman–Crippen LogP) is 3.00. The van der Waals surface area contributed by atoms with Crippen LogP contribution in [0.2, 0.25) is 0 Å². The molecule has 1 N–H and O–H groups in total. The van der Waals surface area contributed by atoms with Crippen molar-refractivity contribution in [3.63, 3.8) is 0 Å². The fourth-order valence-electron chi connectivity index (χ4n) is 2.43. The SMILES string of the molecule is CN(C)S(=O)(=O)c1ccc(C(=O)OCC(=O)Nc2nc(-c3ccc(F)cc3)cs2)cc1. The Morgan fingerprint density at radius 3 is 2.35 bits per heavy atom. The number of hydrogen-bond acceptors (Lipinski definition) is 7. The molecule has 11 heteroatoms. The maximum absolute atomic E-state index is 13.0. The Balaban J connectivity index is 1.55. The number of carbonyl (C=O) groups is 2. The van der Waals surface area contributed by atoms with Gasteiger partial charge in [0.25, 0.3) is 5.91 Å². The third kappa shape index (κ3) is 5.51. The van der Waals surface area contributed by atoms with Crippen molar-refractivity contribution < 1.29 is 27.1 Å². The first-order valence-electron chi connectivity index (χ1n) is 8.88. The van der Waals surface area contributed by atoms with Gasteiger partial charge in [-0.1, -0.05) is 0 Å². The Labute approximate surface area is 182 Å². The minimum atomic E-state index is -3.61. The zero-order valence-corrected chi connectivity index (χ0v) is 18.2. The first-order chi connectivity index (χ1) is 14.7. The number of nitrogens with one attached hydrogen (secondary N) is 1. The Morgan fingerprint density at radius 2 is 1.74 bits per heavy atom. The van der Waals surface area contributed by atoms with Crippen LogP contribution >= 0.6 is 11.3 Å². The molecule has 1 aromatic heterocycles. The highest BCUT2D eigenvalue weighted by molar-refractivity contribution is 7.89. The lowest BCUT2D eigenvalue weighted by molar-refractivity contribution is -0.119. The maximum atomic E-state index is 13.0. The summed E-state index contributed by atoms with van der Waals surface area (Å²) in [4.78, 5) is 28.4. The number of halogens is 1. The number of benzene rings is 2. The van der Waals surface area contributed by atoms with Crippen molar-refractivity contribution in [2.24, 2.45) is 0 Å². The van der Waals surface area contributed by atoms with E-state index in [2.05, 4.69) is 10.3 Å². The van der Waals surface area contributed by atoms with Gasteiger partial charge >= 0.3 is 5.97 Å². The van der Waals surface area contributed by atoms with Crippen molar-refractivity contribution in [1.29, 1.82) is 0 Å². The van der Waals surface area contributed by atoms with E-state index >= 15 is 0 Å². The maximum Gasteiger partial charge on any atom is 0.338 e. The summed E-state index contributed by atoms with van der Waals surface area (Å²) in [5.74, 6) is -1.71. The van der Waals surface area contributed by atoms with Crippen molar-refractivity contribution in [2.45, 2.75) is 4.90 Å². The summed E-state index contributed by atoms with van der Waals surface area (Å²) in [6, 6.07) is 11.0. The van der Waals surface area contributed by atoms with E-state index in [1.165, 1.54) is 61.8 Å². The lowest BCUT2D eigenvalue weighted by atomic mass is 10.2. The van der Waals surface area contributed by atoms with E-state index in [1.807, 2.05) is 0 Å². The van der Waals surface area contributed by atoms with Crippen LogP contribution in [0, 0.1) is 5.82 Å². The molecule has 0 radical (unpaired) electrons. The number of aromatic nitrogens is 1. The molecule has 1 heterocycles. The van der Waals surface area contributed by atoms with Gasteiger partial charge in [0, 0.05) is 25.0 Å². The fourth-order valence-corrected chi connectivity index (χ4v) is 4.07. The number of hydrogen-bond donors (Lipinski definition) is 1. The number of esters is 1. The number of amides is 1. The largest absolute Gasteiger partial charge is 0.452 e. The van der Waals surface area contributed by atoms with Gasteiger partial charge in [0.05, 0.1) is 16.2 Å². The molecule has 8 nitrogen and oxygen atoms in total. The van der Waals surface area contributed by atoms with Gasteiger partial charge in [0.15, 0.2) is 11.7 Å². The summed E-state index contributed by atoms with van der Waals surface area (Å²) in [5, 5.41) is 4.53. The summed E-state index contributed by atoms with van der Waals surface area (Å²) in [6.45, 7) is -0.540. The van der Waals surface area contributed by atoms with Gasteiger partial charge in [-0.05, 0) is 48.5 Å². The minimum absolute atomic E-state index is 0.0347. The predicted molar refractivity (Wildman–Crippen MR) is 114 cm³/mol. The molecule has 0 bridgehead atoms. The number of sulfonamides is 1. The van der Waals surface area contributed by atoms with Crippen LogP contribution in [0.15, 0.2) is 58.8 Å². The summed E-state index contributed by atoms with van der Waals surface area (Å²) >= 11 is 1.18. The molecule has 0 aliphatic heterocycles. The fraction of sp³-hybridized carbons (Fsp3) is 0.150. The molecule has 2 aromatic carbocycles. The molecule has 0 aliphatic carbocycles. The molecule has 0 saturated heterocycles. The van der Waals surface area contributed by atoms with Gasteiger partial charge in [-0.3, -0.25) is 10.1 Å². The van der Waals surface area contributed by atoms with Crippen molar-refractivity contribution in [3.05, 3.63) is 65.3 Å². The van der Waals surface area contributed by atoms with Gasteiger partial charge in [-0.25, -0.2) is 26.9 Å². The summed E-state index contributed by atoms with van der Waals surface area (Å²) in [7, 11) is -0.799. The zero-order chi connectivity index (χ0) is 22.6. The summed E-state index contributed by atoms with van der Waals surface area (Å²) in [6.07, 6.45) is 0. The molecular formula is C20H18FN3O5S2. The number of ether oxygens (including phenoxy) is 1. The van der Waals surface area contributed by atoms with Crippen LogP contribution in [0.3, 0.4) is 0 Å². The number of thiazole rings is 1. The average molecular weight is 464 g/mol. The first kappa shape index (κ1) is 22.5. The first-order valence-corrected chi connectivity index (χ1v) is 11.2. The number of carbonyl (C=O) groups excluding carboxylic acids is 2. The standard InChI is InChI=1S/C20H18FN3O5S2/c1-24(2)31(27,28)16-9-5-14(6-10-16)19(26)29-11-18(25)23-20-22-17(12-30-20)13-3-7-15(21)8-4-13/h3-10,12H,11H2,1-2H3,(H,22,23,25). The van der Waals surface area contributed by atoms with Crippen molar-refractivity contribution in [2.75, 3.05) is 26.0 Å². The molecule has 0 fully saturated rings. The van der Waals surface area contributed by atoms with Crippen LogP contribution < -0.4 is 5.32 Å². The van der Waals surface area contributed by atoms with E-state index in [9.17, 15) is 22.4 Å². The second-order valence-electron chi connectivity index (χ2n) is 6.48. The van der Waals surface area contributed by atoms with Crippen LogP contribution in [0.25, 0.3) is 11.3 Å². The highest BCUT2D eigenvalue weighted by atomic mass is 32.2. The summed E-state index contributed by atoms with van der Waals surface area (Å²) < 4.78 is 43.1. The monoisotopic (exact) mass is 463 g/mol. The van der Waals surface area contributed by atoms with Gasteiger partial charge in [0.2, 0.25) is 10.0 Å². The van der Waals surface area contributed by atoms with E-state index in [1.54, 1.807) is 17.5 Å². The van der Waals surface area contributed by atoms with E-state index < -0.39 is 28.5 Å². The Bertz CT molecular complexity index is 1190. The van der Waals surface area contributed by atoms with Gasteiger partial charge in [-0.15, -0.1) is 11.3 Å². The molecule has 0 atom stereocenters. The smallest absolute Gasteiger partial charge is 0.338 e. The zero-order valence-electron chi connectivity index (χ0n) is 16.5. The Kier molecular flexibility index (Phi) is 6.78. The molecule has 0 unspecified atom stereocenters. The van der Waals surface area contributed by atoms with Crippen LogP contribution in [0.4, 0.5) is 9.52 Å². The lowest BCUT2D eigenvalue weighted by Crippen LogP contribution is -2.22. The third-order valence-corrected chi connectivity index (χ3v) is 6.68. The molecule has 0 saturated carbocycles. The minimum Gasteiger partial charge on any atom is -0.452 e. The van der Waals surface area contributed by atoms with Crippen LogP contribution in [-0.2, 0) is 19.6 Å². The second-order valence-corrected chi connectivity index (χ2v) is 9.49. The molecule has 3 aromatic rings. The quantitative estimate of drug-likeness (QED) is 0.540. The van der Waals surface area contributed by atoms with Crippen molar-refractivity contribution in [1.82, 2.24) is 9.29 Å². The normalized spacial score (nSPS) is 11.4. The second kappa shape index (κ2) is 9.33. The topological polar surface area (TPSA) is 106 Å². The number of rotatable bonds is 7. The van der Waals surface area contributed by atoms with Crippen LogP contribution in [0.5, 0.6) is 0 Å². The highest BCUT2D eigenvalue weighted by Gasteiger charge is 2.18. The van der Waals surface area contributed by atoms with E-state index in [4.69, 9.17) is 4.74 Å². The molecule has 1 amide bonds. The van der Waals surface area contributed by atoms with E-state index in [0.717, 1.165) is 4.31 Å². The van der Waals surface area contributed by atoms with E-state index in [0.29, 0.717) is 16.4 Å². The number of anilines is 1. The molecule has 0 aliphatic rings. The van der Waals surface area contributed by atoms with Gasteiger partial charge < -0.3 is 4.74 Å². The van der Waals surface area contributed by atoms with Crippen LogP contribution in [0.1, 0.15) is 10.4 Å². The number of nitrogens with zero attached hydrogens (tertiary/aromatic N) is 2. The average Bonchev–Trinajstić information content (AvgIpc) is 3.20. The molecule has 162 valence electrons. The van der Waals surface area contributed by atoms with Gasteiger partial charge in [-0.2, -0.15) is 0 Å². The Hall–Kier alpha value is -3.15. The third-order valence-electron chi connectivity index (χ3n) is 4.09. The molecule has 0 spiro atoms. The van der Waals surface area contributed by atoms with Crippen LogP contribution in [-0.4, -0.2) is 50.3 Å². The van der Waals surface area contributed by atoms with Crippen molar-refractivity contribution >= 4 is 38.4 Å². The highest BCUT2D eigenvalue weighted by Crippen LogP contribution is 2.25. The van der Waals surface area contributed by atoms with E-state index in [-0.39, 0.29) is 16.3 Å².